The summed E-state index contributed by atoms with van der Waals surface area (Å²) >= 11 is 1.18. The van der Waals surface area contributed by atoms with Crippen LogP contribution >= 0.6 is 11.3 Å². The highest BCUT2D eigenvalue weighted by atomic mass is 32.1. The number of amides is 1. The van der Waals surface area contributed by atoms with Gasteiger partial charge in [0.1, 0.15) is 5.69 Å². The second-order valence-electron chi connectivity index (χ2n) is 3.63. The number of carboxylic acid groups (broad SMARTS) is 1. The van der Waals surface area contributed by atoms with Gasteiger partial charge in [-0.15, -0.1) is 11.3 Å². The van der Waals surface area contributed by atoms with Crippen molar-refractivity contribution < 1.29 is 14.7 Å². The number of nitrogens with zero attached hydrogens (tertiary/aromatic N) is 1. The Morgan fingerprint density at radius 3 is 2.82 bits per heavy atom. The van der Waals surface area contributed by atoms with Crippen LogP contribution in [0.25, 0.3) is 0 Å². The number of hydrogen-bond acceptors (Lipinski definition) is 5. The molecule has 0 aromatic carbocycles. The number of carbonyl (C=O) groups is 2. The largest absolute Gasteiger partial charge is 0.481 e. The molecule has 1 unspecified atom stereocenters. The molecule has 1 aromatic heterocycles. The quantitative estimate of drug-likeness (QED) is 0.707. The summed E-state index contributed by atoms with van der Waals surface area (Å²) < 4.78 is 0. The average Bonchev–Trinajstić information content (AvgIpc) is 2.64. The third-order valence-electron chi connectivity index (χ3n) is 2.15. The van der Waals surface area contributed by atoms with Gasteiger partial charge in [-0.25, -0.2) is 4.98 Å². The Morgan fingerprint density at radius 1 is 1.65 bits per heavy atom. The van der Waals surface area contributed by atoms with Gasteiger partial charge in [-0.05, 0) is 6.42 Å². The lowest BCUT2D eigenvalue weighted by Crippen LogP contribution is -2.36. The Bertz CT molecular complexity index is 405. The Kier molecular flexibility index (Phi) is 4.89. The molecular formula is C10H15N3O3S. The molecule has 17 heavy (non-hydrogen) atoms. The summed E-state index contributed by atoms with van der Waals surface area (Å²) in [6, 6.07) is -0.368. The van der Waals surface area contributed by atoms with Gasteiger partial charge in [0.15, 0.2) is 5.13 Å². The highest BCUT2D eigenvalue weighted by Crippen LogP contribution is 2.11. The first-order chi connectivity index (χ1) is 8.02. The lowest BCUT2D eigenvalue weighted by atomic mass is 10.1. The van der Waals surface area contributed by atoms with Gasteiger partial charge >= 0.3 is 5.97 Å². The molecule has 0 bridgehead atoms. The Hall–Kier alpha value is -1.63. The molecule has 0 aliphatic rings. The molecule has 1 rings (SSSR count). The first kappa shape index (κ1) is 13.4. The van der Waals surface area contributed by atoms with Gasteiger partial charge in [-0.2, -0.15) is 0 Å². The zero-order chi connectivity index (χ0) is 12.8. The van der Waals surface area contributed by atoms with Crippen molar-refractivity contribution in [1.82, 2.24) is 10.3 Å². The van der Waals surface area contributed by atoms with Crippen molar-refractivity contribution in [3.05, 3.63) is 11.1 Å². The number of carboxylic acids is 1. The third-order valence-corrected chi connectivity index (χ3v) is 2.82. The predicted molar refractivity (Wildman–Crippen MR) is 64.9 cm³/mol. The maximum Gasteiger partial charge on any atom is 0.305 e. The number of thiazole rings is 1. The number of rotatable bonds is 6. The van der Waals surface area contributed by atoms with E-state index in [1.54, 1.807) is 5.38 Å². The molecule has 1 atom stereocenters. The van der Waals surface area contributed by atoms with Crippen LogP contribution in [0.5, 0.6) is 0 Å². The molecule has 0 saturated heterocycles. The lowest BCUT2D eigenvalue weighted by molar-refractivity contribution is -0.137. The van der Waals surface area contributed by atoms with Crippen LogP contribution in [-0.4, -0.2) is 28.0 Å². The minimum atomic E-state index is -0.929. The van der Waals surface area contributed by atoms with Crippen molar-refractivity contribution in [3.8, 4) is 0 Å². The average molecular weight is 257 g/mol. The fraction of sp³-hybridized carbons (Fsp3) is 0.500. The fourth-order valence-electron chi connectivity index (χ4n) is 1.44. The summed E-state index contributed by atoms with van der Waals surface area (Å²) in [5, 5.41) is 13.2. The van der Waals surface area contributed by atoms with Gasteiger partial charge in [0, 0.05) is 11.4 Å². The molecule has 0 fully saturated rings. The number of nitrogen functional groups attached to an aromatic ring is 1. The van der Waals surface area contributed by atoms with E-state index in [0.29, 0.717) is 11.6 Å². The highest BCUT2D eigenvalue weighted by molar-refractivity contribution is 7.13. The van der Waals surface area contributed by atoms with Gasteiger partial charge in [0.25, 0.3) is 5.91 Å². The van der Waals surface area contributed by atoms with Crippen LogP contribution in [-0.2, 0) is 4.79 Å². The van der Waals surface area contributed by atoms with E-state index in [0.717, 1.165) is 6.42 Å². The Labute approximate surface area is 103 Å². The van der Waals surface area contributed by atoms with Crippen LogP contribution < -0.4 is 11.1 Å². The van der Waals surface area contributed by atoms with Crippen molar-refractivity contribution in [2.24, 2.45) is 0 Å². The van der Waals surface area contributed by atoms with E-state index in [-0.39, 0.29) is 24.1 Å². The van der Waals surface area contributed by atoms with Crippen molar-refractivity contribution in [3.63, 3.8) is 0 Å². The lowest BCUT2D eigenvalue weighted by Gasteiger charge is -2.14. The molecule has 0 spiro atoms. The number of anilines is 1. The number of aliphatic carboxylic acids is 1. The van der Waals surface area contributed by atoms with Gasteiger partial charge in [0.2, 0.25) is 0 Å². The molecule has 0 aliphatic carbocycles. The zero-order valence-corrected chi connectivity index (χ0v) is 10.3. The topological polar surface area (TPSA) is 105 Å². The molecule has 0 saturated carbocycles. The van der Waals surface area contributed by atoms with Crippen LogP contribution in [0.1, 0.15) is 36.7 Å². The Morgan fingerprint density at radius 2 is 2.35 bits per heavy atom. The summed E-state index contributed by atoms with van der Waals surface area (Å²) in [4.78, 5) is 26.2. The second kappa shape index (κ2) is 6.19. The maximum absolute atomic E-state index is 11.7. The van der Waals surface area contributed by atoms with Crippen LogP contribution in [0.3, 0.4) is 0 Å². The maximum atomic E-state index is 11.7. The molecule has 94 valence electrons. The van der Waals surface area contributed by atoms with Crippen molar-refractivity contribution in [1.29, 1.82) is 0 Å². The third kappa shape index (κ3) is 4.39. The summed E-state index contributed by atoms with van der Waals surface area (Å²) in [7, 11) is 0. The molecule has 1 aromatic rings. The molecule has 1 amide bonds. The molecule has 0 aliphatic heterocycles. The fourth-order valence-corrected chi connectivity index (χ4v) is 1.98. The smallest absolute Gasteiger partial charge is 0.305 e. The molecule has 4 N–H and O–H groups in total. The molecule has 0 radical (unpaired) electrons. The standard InChI is InChI=1S/C10H15N3O3S/c1-2-3-6(4-8(14)15)12-9(16)7-5-17-10(11)13-7/h5-6H,2-4H2,1H3,(H2,11,13)(H,12,16)(H,14,15). The van der Waals surface area contributed by atoms with E-state index in [4.69, 9.17) is 10.8 Å². The number of hydrogen-bond donors (Lipinski definition) is 3. The first-order valence-electron chi connectivity index (χ1n) is 5.26. The monoisotopic (exact) mass is 257 g/mol. The Balaban J connectivity index is 2.60. The molecule has 6 nitrogen and oxygen atoms in total. The van der Waals surface area contributed by atoms with Gasteiger partial charge in [-0.3, -0.25) is 9.59 Å². The number of aromatic nitrogens is 1. The SMILES string of the molecule is CCCC(CC(=O)O)NC(=O)c1csc(N)n1. The summed E-state index contributed by atoms with van der Waals surface area (Å²) in [5.41, 5.74) is 5.66. The summed E-state index contributed by atoms with van der Waals surface area (Å²) in [6.07, 6.45) is 1.34. The molecule has 1 heterocycles. The number of carbonyl (C=O) groups excluding carboxylic acids is 1. The summed E-state index contributed by atoms with van der Waals surface area (Å²) in [5.74, 6) is -1.31. The van der Waals surface area contributed by atoms with E-state index in [1.807, 2.05) is 6.92 Å². The van der Waals surface area contributed by atoms with Crippen LogP contribution in [0.4, 0.5) is 5.13 Å². The summed E-state index contributed by atoms with van der Waals surface area (Å²) in [6.45, 7) is 1.93. The first-order valence-corrected chi connectivity index (χ1v) is 6.14. The van der Waals surface area contributed by atoms with E-state index in [9.17, 15) is 9.59 Å². The van der Waals surface area contributed by atoms with Crippen LogP contribution in [0.15, 0.2) is 5.38 Å². The van der Waals surface area contributed by atoms with E-state index >= 15 is 0 Å². The van der Waals surface area contributed by atoms with Crippen molar-refractivity contribution >= 4 is 28.3 Å². The van der Waals surface area contributed by atoms with Crippen molar-refractivity contribution in [2.75, 3.05) is 5.73 Å². The van der Waals surface area contributed by atoms with E-state index in [2.05, 4.69) is 10.3 Å². The number of nitrogens with one attached hydrogen (secondary N) is 1. The molecule has 7 heteroatoms. The minimum Gasteiger partial charge on any atom is -0.481 e. The van der Waals surface area contributed by atoms with E-state index in [1.165, 1.54) is 11.3 Å². The van der Waals surface area contributed by atoms with Gasteiger partial charge < -0.3 is 16.2 Å². The van der Waals surface area contributed by atoms with Crippen LogP contribution in [0, 0.1) is 0 Å². The number of nitrogens with two attached hydrogens (primary N) is 1. The van der Waals surface area contributed by atoms with Gasteiger partial charge in [-0.1, -0.05) is 13.3 Å². The minimum absolute atomic E-state index is 0.0841. The van der Waals surface area contributed by atoms with Crippen molar-refractivity contribution in [2.45, 2.75) is 32.2 Å². The molecular weight excluding hydrogens is 242 g/mol. The predicted octanol–water partition coefficient (Wildman–Crippen LogP) is 1.10. The van der Waals surface area contributed by atoms with Gasteiger partial charge in [0.05, 0.1) is 6.42 Å². The van der Waals surface area contributed by atoms with E-state index < -0.39 is 5.97 Å². The zero-order valence-electron chi connectivity index (χ0n) is 9.47. The second-order valence-corrected chi connectivity index (χ2v) is 4.52. The van der Waals surface area contributed by atoms with Crippen LogP contribution in [0.2, 0.25) is 0 Å². The normalized spacial score (nSPS) is 12.1. The highest BCUT2D eigenvalue weighted by Gasteiger charge is 2.17.